The lowest BCUT2D eigenvalue weighted by molar-refractivity contribution is 0.0479. The number of rotatable bonds is 2. The van der Waals surface area contributed by atoms with Crippen molar-refractivity contribution in [2.45, 2.75) is 57.6 Å². The molecule has 0 aliphatic heterocycles. The van der Waals surface area contributed by atoms with Gasteiger partial charge >= 0.3 is 6.09 Å². The van der Waals surface area contributed by atoms with Gasteiger partial charge in [0.1, 0.15) is 5.60 Å². The predicted octanol–water partition coefficient (Wildman–Crippen LogP) is 3.01. The number of alkyl carbamates (subject to hydrolysis) is 1. The fraction of sp³-hybridized carbons (Fsp3) is 0.750. The molecule has 0 aromatic heterocycles. The third-order valence-corrected chi connectivity index (χ3v) is 2.64. The van der Waals surface area contributed by atoms with Crippen molar-refractivity contribution in [2.24, 2.45) is 0 Å². The average molecular weight is 211 g/mol. The maximum absolute atomic E-state index is 11.6. The summed E-state index contributed by atoms with van der Waals surface area (Å²) in [5, 5.41) is 2.92. The van der Waals surface area contributed by atoms with E-state index in [1.165, 1.54) is 0 Å². The standard InChI is InChI=1S/C12H21NO2/c1-5-12(8-6-7-9-12)13-10(14)15-11(2,3)4/h5H,1,6-9H2,2-4H3,(H,13,14). The van der Waals surface area contributed by atoms with Gasteiger partial charge in [-0.15, -0.1) is 6.58 Å². The largest absolute Gasteiger partial charge is 0.444 e. The highest BCUT2D eigenvalue weighted by Crippen LogP contribution is 2.30. The van der Waals surface area contributed by atoms with Gasteiger partial charge in [-0.05, 0) is 33.6 Å². The first kappa shape index (κ1) is 12.1. The molecule has 1 saturated carbocycles. The second-order valence-electron chi connectivity index (χ2n) is 5.19. The van der Waals surface area contributed by atoms with Gasteiger partial charge in [0, 0.05) is 0 Å². The van der Waals surface area contributed by atoms with E-state index in [0.717, 1.165) is 25.7 Å². The fourth-order valence-corrected chi connectivity index (χ4v) is 1.89. The molecule has 0 bridgehead atoms. The summed E-state index contributed by atoms with van der Waals surface area (Å²) in [6.45, 7) is 9.38. The fourth-order valence-electron chi connectivity index (χ4n) is 1.89. The Morgan fingerprint density at radius 2 is 1.93 bits per heavy atom. The molecular weight excluding hydrogens is 190 g/mol. The van der Waals surface area contributed by atoms with Gasteiger partial charge in [0.2, 0.25) is 0 Å². The van der Waals surface area contributed by atoms with Crippen LogP contribution in [0.3, 0.4) is 0 Å². The van der Waals surface area contributed by atoms with Crippen LogP contribution in [0.25, 0.3) is 0 Å². The van der Waals surface area contributed by atoms with Gasteiger partial charge in [0.15, 0.2) is 0 Å². The molecule has 1 rings (SSSR count). The van der Waals surface area contributed by atoms with Gasteiger partial charge in [-0.25, -0.2) is 4.79 Å². The van der Waals surface area contributed by atoms with E-state index in [-0.39, 0.29) is 11.6 Å². The molecular formula is C12H21NO2. The van der Waals surface area contributed by atoms with Crippen molar-refractivity contribution in [2.75, 3.05) is 0 Å². The van der Waals surface area contributed by atoms with Crippen LogP contribution in [-0.4, -0.2) is 17.2 Å². The van der Waals surface area contributed by atoms with E-state index in [1.54, 1.807) is 0 Å². The molecule has 1 aliphatic rings. The normalized spacial score (nSPS) is 19.7. The first-order valence-corrected chi connectivity index (χ1v) is 5.52. The molecule has 3 nitrogen and oxygen atoms in total. The van der Waals surface area contributed by atoms with Crippen LogP contribution in [0.5, 0.6) is 0 Å². The molecule has 0 radical (unpaired) electrons. The number of amides is 1. The summed E-state index contributed by atoms with van der Waals surface area (Å²) in [6, 6.07) is 0. The van der Waals surface area contributed by atoms with Crippen LogP contribution < -0.4 is 5.32 Å². The van der Waals surface area contributed by atoms with E-state index in [4.69, 9.17) is 4.74 Å². The molecule has 0 aromatic rings. The molecule has 0 unspecified atom stereocenters. The molecule has 0 aromatic carbocycles. The lowest BCUT2D eigenvalue weighted by Crippen LogP contribution is -2.46. The number of hydrogen-bond donors (Lipinski definition) is 1. The number of carbonyl (C=O) groups is 1. The zero-order valence-electron chi connectivity index (χ0n) is 9.93. The third kappa shape index (κ3) is 3.57. The Labute approximate surface area is 91.9 Å². The van der Waals surface area contributed by atoms with Gasteiger partial charge in [-0.2, -0.15) is 0 Å². The molecule has 1 amide bonds. The smallest absolute Gasteiger partial charge is 0.408 e. The van der Waals surface area contributed by atoms with Crippen molar-refractivity contribution in [1.29, 1.82) is 0 Å². The summed E-state index contributed by atoms with van der Waals surface area (Å²) in [7, 11) is 0. The minimum Gasteiger partial charge on any atom is -0.444 e. The topological polar surface area (TPSA) is 38.3 Å². The Kier molecular flexibility index (Phi) is 3.42. The van der Waals surface area contributed by atoms with Gasteiger partial charge in [-0.3, -0.25) is 0 Å². The molecule has 3 heteroatoms. The predicted molar refractivity (Wildman–Crippen MR) is 60.8 cm³/mol. The van der Waals surface area contributed by atoms with E-state index in [0.29, 0.717) is 0 Å². The van der Waals surface area contributed by atoms with Crippen molar-refractivity contribution in [1.82, 2.24) is 5.32 Å². The molecule has 0 atom stereocenters. The average Bonchev–Trinajstić information content (AvgIpc) is 2.50. The van der Waals surface area contributed by atoms with Crippen molar-refractivity contribution in [3.8, 4) is 0 Å². The lowest BCUT2D eigenvalue weighted by Gasteiger charge is -2.28. The van der Waals surface area contributed by atoms with E-state index in [2.05, 4.69) is 11.9 Å². The first-order valence-electron chi connectivity index (χ1n) is 5.52. The number of ether oxygens (including phenoxy) is 1. The summed E-state index contributed by atoms with van der Waals surface area (Å²) < 4.78 is 5.23. The molecule has 1 aliphatic carbocycles. The van der Waals surface area contributed by atoms with Gasteiger partial charge in [0.05, 0.1) is 5.54 Å². The highest BCUT2D eigenvalue weighted by atomic mass is 16.6. The second kappa shape index (κ2) is 4.25. The zero-order valence-corrected chi connectivity index (χ0v) is 9.93. The number of nitrogens with one attached hydrogen (secondary N) is 1. The minimum absolute atomic E-state index is 0.234. The van der Waals surface area contributed by atoms with Crippen molar-refractivity contribution in [3.05, 3.63) is 12.7 Å². The van der Waals surface area contributed by atoms with E-state index >= 15 is 0 Å². The third-order valence-electron chi connectivity index (χ3n) is 2.64. The highest BCUT2D eigenvalue weighted by molar-refractivity contribution is 5.69. The van der Waals surface area contributed by atoms with E-state index in [9.17, 15) is 4.79 Å². The van der Waals surface area contributed by atoms with Crippen molar-refractivity contribution >= 4 is 6.09 Å². The number of hydrogen-bond acceptors (Lipinski definition) is 2. The molecule has 0 heterocycles. The summed E-state index contributed by atoms with van der Waals surface area (Å²) in [5.74, 6) is 0. The van der Waals surface area contributed by atoms with Crippen LogP contribution in [0.15, 0.2) is 12.7 Å². The molecule has 1 N–H and O–H groups in total. The molecule has 86 valence electrons. The second-order valence-corrected chi connectivity index (χ2v) is 5.19. The summed E-state index contributed by atoms with van der Waals surface area (Å²) in [4.78, 5) is 11.6. The van der Waals surface area contributed by atoms with E-state index < -0.39 is 5.60 Å². The maximum Gasteiger partial charge on any atom is 0.408 e. The molecule has 0 saturated heterocycles. The monoisotopic (exact) mass is 211 g/mol. The molecule has 1 fully saturated rings. The number of carbonyl (C=O) groups excluding carboxylic acids is 1. The van der Waals surface area contributed by atoms with Crippen LogP contribution in [0.1, 0.15) is 46.5 Å². The van der Waals surface area contributed by atoms with Crippen LogP contribution >= 0.6 is 0 Å². The Bertz CT molecular complexity index is 247. The highest BCUT2D eigenvalue weighted by Gasteiger charge is 2.33. The Hall–Kier alpha value is -0.990. The van der Waals surface area contributed by atoms with Crippen molar-refractivity contribution in [3.63, 3.8) is 0 Å². The Morgan fingerprint density at radius 3 is 2.33 bits per heavy atom. The summed E-state index contributed by atoms with van der Waals surface area (Å²) in [6.07, 6.45) is 5.71. The van der Waals surface area contributed by atoms with E-state index in [1.807, 2.05) is 26.8 Å². The molecule has 0 spiro atoms. The first-order chi connectivity index (χ1) is 6.87. The minimum atomic E-state index is -0.439. The van der Waals surface area contributed by atoms with Gasteiger partial charge in [0.25, 0.3) is 0 Å². The van der Waals surface area contributed by atoms with Crippen LogP contribution in [0, 0.1) is 0 Å². The SMILES string of the molecule is C=CC1(NC(=O)OC(C)(C)C)CCCC1. The van der Waals surface area contributed by atoms with Crippen LogP contribution in [-0.2, 0) is 4.74 Å². The maximum atomic E-state index is 11.6. The van der Waals surface area contributed by atoms with Crippen LogP contribution in [0.2, 0.25) is 0 Å². The van der Waals surface area contributed by atoms with Gasteiger partial charge in [-0.1, -0.05) is 18.9 Å². The lowest BCUT2D eigenvalue weighted by atomic mass is 9.98. The van der Waals surface area contributed by atoms with Crippen LogP contribution in [0.4, 0.5) is 4.79 Å². The Morgan fingerprint density at radius 1 is 1.40 bits per heavy atom. The molecule has 15 heavy (non-hydrogen) atoms. The van der Waals surface area contributed by atoms with Crippen molar-refractivity contribution < 1.29 is 9.53 Å². The zero-order chi connectivity index (χ0) is 11.5. The van der Waals surface area contributed by atoms with Gasteiger partial charge < -0.3 is 10.1 Å². The summed E-state index contributed by atoms with van der Waals surface area (Å²) >= 11 is 0. The Balaban J connectivity index is 2.52. The summed E-state index contributed by atoms with van der Waals surface area (Å²) in [5.41, 5.74) is -0.673. The quantitative estimate of drug-likeness (QED) is 0.713.